The molecule has 26 heavy (non-hydrogen) atoms. The molecule has 0 fully saturated rings. The molecule has 0 amide bonds. The Hall–Kier alpha value is -1.13. The van der Waals surface area contributed by atoms with Crippen LogP contribution < -0.4 is 0 Å². The van der Waals surface area contributed by atoms with Crippen LogP contribution in [0.3, 0.4) is 0 Å². The largest absolute Gasteiger partial charge is 0.388 e. The molecule has 0 saturated carbocycles. The molecule has 1 aromatic carbocycles. The lowest BCUT2D eigenvalue weighted by molar-refractivity contribution is 0.207. The molecule has 1 N–H and O–H groups in total. The minimum atomic E-state index is -3.37. The minimum Gasteiger partial charge on any atom is -0.388 e. The predicted octanol–water partition coefficient (Wildman–Crippen LogP) is 5.44. The number of aliphatic hydroxyl groups excluding tert-OH is 1. The molecule has 0 spiro atoms. The highest BCUT2D eigenvalue weighted by Gasteiger charge is 2.20. The Morgan fingerprint density at radius 1 is 1.00 bits per heavy atom. The van der Waals surface area contributed by atoms with E-state index in [2.05, 4.69) is 6.92 Å². The van der Waals surface area contributed by atoms with E-state index in [0.29, 0.717) is 12.8 Å². The Bertz CT molecular complexity index is 606. The van der Waals surface area contributed by atoms with Crippen molar-refractivity contribution in [1.29, 1.82) is 0 Å². The second-order valence-corrected chi connectivity index (χ2v) is 9.20. The molecule has 1 unspecified atom stereocenters. The number of hydrogen-bond acceptors (Lipinski definition) is 3. The van der Waals surface area contributed by atoms with Crippen molar-refractivity contribution in [2.24, 2.45) is 0 Å². The summed E-state index contributed by atoms with van der Waals surface area (Å²) in [5.74, 6) is 0. The third-order valence-corrected chi connectivity index (χ3v) is 6.00. The van der Waals surface area contributed by atoms with Crippen molar-refractivity contribution in [2.45, 2.75) is 83.7 Å². The maximum Gasteiger partial charge on any atom is 0.173 e. The minimum absolute atomic E-state index is 0.191. The molecule has 1 atom stereocenters. The zero-order chi connectivity index (χ0) is 19.3. The van der Waals surface area contributed by atoms with Crippen LogP contribution in [0.5, 0.6) is 0 Å². The molecule has 0 aliphatic carbocycles. The predicted molar refractivity (Wildman–Crippen MR) is 111 cm³/mol. The van der Waals surface area contributed by atoms with Crippen LogP contribution in [0.4, 0.5) is 0 Å². The molecule has 0 aromatic heterocycles. The van der Waals surface area contributed by atoms with Crippen molar-refractivity contribution in [3.05, 3.63) is 46.9 Å². The fourth-order valence-corrected chi connectivity index (χ4v) is 4.18. The molecular formula is C22H36O3S. The Morgan fingerprint density at radius 3 is 2.15 bits per heavy atom. The average Bonchev–Trinajstić information content (AvgIpc) is 2.61. The van der Waals surface area contributed by atoms with Gasteiger partial charge in [0.25, 0.3) is 0 Å². The second kappa shape index (κ2) is 13.1. The molecule has 0 heterocycles. The van der Waals surface area contributed by atoms with E-state index in [1.54, 1.807) is 6.08 Å². The highest BCUT2D eigenvalue weighted by Crippen LogP contribution is 2.18. The van der Waals surface area contributed by atoms with Gasteiger partial charge in [0.15, 0.2) is 9.84 Å². The first-order valence-electron chi connectivity index (χ1n) is 10.1. The van der Waals surface area contributed by atoms with E-state index in [1.807, 2.05) is 30.3 Å². The zero-order valence-corrected chi connectivity index (χ0v) is 17.3. The molecule has 0 aliphatic heterocycles. The van der Waals surface area contributed by atoms with E-state index in [-0.39, 0.29) is 4.91 Å². The molecule has 4 heteroatoms. The van der Waals surface area contributed by atoms with Crippen molar-refractivity contribution >= 4 is 9.84 Å². The summed E-state index contributed by atoms with van der Waals surface area (Å²) in [4.78, 5) is 0.191. The van der Waals surface area contributed by atoms with Gasteiger partial charge in [-0.15, -0.1) is 0 Å². The van der Waals surface area contributed by atoms with Gasteiger partial charge in [-0.25, -0.2) is 8.42 Å². The SMILES string of the molecule is CCCCCCCCCC/C=C(/C(O)CCc1ccccc1)S(C)(=O)=O. The topological polar surface area (TPSA) is 54.4 Å². The van der Waals surface area contributed by atoms with E-state index in [1.165, 1.54) is 44.8 Å². The average molecular weight is 381 g/mol. The van der Waals surface area contributed by atoms with E-state index >= 15 is 0 Å². The van der Waals surface area contributed by atoms with Crippen LogP contribution in [0.15, 0.2) is 41.3 Å². The summed E-state index contributed by atoms with van der Waals surface area (Å²) in [6.07, 6.45) is 13.6. The van der Waals surface area contributed by atoms with Crippen molar-refractivity contribution in [3.8, 4) is 0 Å². The number of hydrogen-bond donors (Lipinski definition) is 1. The van der Waals surface area contributed by atoms with E-state index in [9.17, 15) is 13.5 Å². The van der Waals surface area contributed by atoms with E-state index in [4.69, 9.17) is 0 Å². The first kappa shape index (κ1) is 22.9. The maximum atomic E-state index is 12.0. The Labute approximate surface area is 160 Å². The van der Waals surface area contributed by atoms with Crippen LogP contribution in [0, 0.1) is 0 Å². The zero-order valence-electron chi connectivity index (χ0n) is 16.5. The van der Waals surface area contributed by atoms with Gasteiger partial charge in [-0.2, -0.15) is 0 Å². The molecular weight excluding hydrogens is 344 g/mol. The van der Waals surface area contributed by atoms with Crippen LogP contribution in [0.2, 0.25) is 0 Å². The Morgan fingerprint density at radius 2 is 1.58 bits per heavy atom. The highest BCUT2D eigenvalue weighted by atomic mass is 32.2. The number of aryl methyl sites for hydroxylation is 1. The summed E-state index contributed by atoms with van der Waals surface area (Å²) in [5.41, 5.74) is 1.11. The van der Waals surface area contributed by atoms with Crippen molar-refractivity contribution in [3.63, 3.8) is 0 Å². The standard InChI is InChI=1S/C22H36O3S/c1-3-4-5-6-7-8-9-10-14-17-22(26(2,24)25)21(23)19-18-20-15-12-11-13-16-20/h11-13,15-17,21,23H,3-10,14,18-19H2,1-2H3/b22-17-. The van der Waals surface area contributed by atoms with Gasteiger partial charge >= 0.3 is 0 Å². The molecule has 1 aromatic rings. The van der Waals surface area contributed by atoms with Crippen molar-refractivity contribution in [1.82, 2.24) is 0 Å². The summed E-state index contributed by atoms with van der Waals surface area (Å²) >= 11 is 0. The highest BCUT2D eigenvalue weighted by molar-refractivity contribution is 7.94. The molecule has 0 bridgehead atoms. The molecule has 0 aliphatic rings. The lowest BCUT2D eigenvalue weighted by Crippen LogP contribution is -2.18. The second-order valence-electron chi connectivity index (χ2n) is 7.18. The third kappa shape index (κ3) is 10.1. The van der Waals surface area contributed by atoms with Crippen LogP contribution in [-0.4, -0.2) is 25.9 Å². The molecule has 148 valence electrons. The van der Waals surface area contributed by atoms with Crippen molar-refractivity contribution < 1.29 is 13.5 Å². The fraction of sp³-hybridized carbons (Fsp3) is 0.636. The van der Waals surface area contributed by atoms with Crippen LogP contribution in [-0.2, 0) is 16.3 Å². The van der Waals surface area contributed by atoms with Gasteiger partial charge in [0, 0.05) is 6.26 Å². The first-order chi connectivity index (χ1) is 12.4. The Balaban J connectivity index is 2.39. The van der Waals surface area contributed by atoms with Crippen molar-refractivity contribution in [2.75, 3.05) is 6.26 Å². The monoisotopic (exact) mass is 380 g/mol. The first-order valence-corrected chi connectivity index (χ1v) is 12.0. The van der Waals surface area contributed by atoms with Gasteiger partial charge in [0.05, 0.1) is 11.0 Å². The van der Waals surface area contributed by atoms with Gasteiger partial charge in [-0.1, -0.05) is 88.3 Å². The summed E-state index contributed by atoms with van der Waals surface area (Å²) in [5, 5.41) is 10.4. The van der Waals surface area contributed by atoms with E-state index < -0.39 is 15.9 Å². The number of benzene rings is 1. The Kier molecular flexibility index (Phi) is 11.5. The quantitative estimate of drug-likeness (QED) is 0.437. The third-order valence-electron chi connectivity index (χ3n) is 4.71. The maximum absolute atomic E-state index is 12.0. The van der Waals surface area contributed by atoms with E-state index in [0.717, 1.165) is 24.8 Å². The fourth-order valence-electron chi connectivity index (χ4n) is 3.15. The number of allylic oxidation sites excluding steroid dienone is 1. The smallest absolute Gasteiger partial charge is 0.173 e. The van der Waals surface area contributed by atoms with Gasteiger partial charge in [-0.05, 0) is 31.2 Å². The number of rotatable bonds is 14. The van der Waals surface area contributed by atoms with Gasteiger partial charge < -0.3 is 5.11 Å². The van der Waals surface area contributed by atoms with Gasteiger partial charge in [0.1, 0.15) is 0 Å². The molecule has 1 rings (SSSR count). The summed E-state index contributed by atoms with van der Waals surface area (Å²) in [6, 6.07) is 9.86. The van der Waals surface area contributed by atoms with Gasteiger partial charge in [0.2, 0.25) is 0 Å². The normalized spacial score (nSPS) is 13.7. The summed E-state index contributed by atoms with van der Waals surface area (Å²) in [6.45, 7) is 2.22. The lowest BCUT2D eigenvalue weighted by atomic mass is 10.1. The van der Waals surface area contributed by atoms with Crippen LogP contribution in [0.25, 0.3) is 0 Å². The van der Waals surface area contributed by atoms with Crippen LogP contribution >= 0.6 is 0 Å². The lowest BCUT2D eigenvalue weighted by Gasteiger charge is -2.14. The van der Waals surface area contributed by atoms with Gasteiger partial charge in [-0.3, -0.25) is 0 Å². The summed E-state index contributed by atoms with van der Waals surface area (Å²) < 4.78 is 24.0. The number of sulfone groups is 1. The number of unbranched alkanes of at least 4 members (excludes halogenated alkanes) is 8. The van der Waals surface area contributed by atoms with Crippen LogP contribution in [0.1, 0.15) is 76.7 Å². The molecule has 3 nitrogen and oxygen atoms in total. The number of aliphatic hydroxyl groups is 1. The summed E-state index contributed by atoms with van der Waals surface area (Å²) in [7, 11) is -3.37. The molecule has 0 saturated heterocycles. The molecule has 0 radical (unpaired) electrons.